The van der Waals surface area contributed by atoms with Crippen LogP contribution in [0.2, 0.25) is 0 Å². The molecule has 0 fully saturated rings. The molecule has 0 bridgehead atoms. The number of rotatable bonds is 2. The summed E-state index contributed by atoms with van der Waals surface area (Å²) in [6.07, 6.45) is 10.8. The zero-order valence-corrected chi connectivity index (χ0v) is 31.4. The van der Waals surface area contributed by atoms with E-state index in [2.05, 4.69) is 177 Å². The Balaban J connectivity index is 0.000000153. The Bertz CT molecular complexity index is 3050. The van der Waals surface area contributed by atoms with E-state index in [1.807, 2.05) is 31.2 Å². The summed E-state index contributed by atoms with van der Waals surface area (Å²) in [5, 5.41) is 15.7. The summed E-state index contributed by atoms with van der Waals surface area (Å²) in [5.41, 5.74) is 7.87. The van der Waals surface area contributed by atoms with Crippen molar-refractivity contribution in [3.8, 4) is 0 Å². The van der Waals surface area contributed by atoms with Gasteiger partial charge in [0.1, 0.15) is 0 Å². The molecule has 9 aromatic rings. The molecule has 54 heavy (non-hydrogen) atoms. The molecule has 0 atom stereocenters. The molecule has 10 rings (SSSR count). The van der Waals surface area contributed by atoms with Crippen LogP contribution in [0.1, 0.15) is 30.9 Å². The summed E-state index contributed by atoms with van der Waals surface area (Å²) in [7, 11) is 0. The van der Waals surface area contributed by atoms with Crippen molar-refractivity contribution < 1.29 is 0 Å². The van der Waals surface area contributed by atoms with Crippen LogP contribution in [0, 0.1) is 13.8 Å². The van der Waals surface area contributed by atoms with Gasteiger partial charge >= 0.3 is 0 Å². The van der Waals surface area contributed by atoms with Gasteiger partial charge in [-0.15, -0.1) is 0 Å². The molecule has 0 saturated heterocycles. The summed E-state index contributed by atoms with van der Waals surface area (Å²) in [6.45, 7) is 14.1. The Hall–Kier alpha value is -6.44. The van der Waals surface area contributed by atoms with Gasteiger partial charge in [0, 0.05) is 27.2 Å². The summed E-state index contributed by atoms with van der Waals surface area (Å²) in [5.74, 6) is 0. The second-order valence-corrected chi connectivity index (χ2v) is 14.2. The highest BCUT2D eigenvalue weighted by atomic mass is 15.0. The molecule has 262 valence electrons. The van der Waals surface area contributed by atoms with Crippen LogP contribution in [0.5, 0.6) is 0 Å². The Kier molecular flexibility index (Phi) is 9.55. The van der Waals surface area contributed by atoms with Crippen LogP contribution in [-0.2, 0) is 0 Å². The quantitative estimate of drug-likeness (QED) is 0.159. The molecule has 1 aliphatic rings. The first-order chi connectivity index (χ1) is 26.5. The van der Waals surface area contributed by atoms with Gasteiger partial charge in [0.25, 0.3) is 0 Å². The lowest BCUT2D eigenvalue weighted by Gasteiger charge is -2.17. The third kappa shape index (κ3) is 6.22. The number of aryl methyl sites for hydroxylation is 2. The average Bonchev–Trinajstić information content (AvgIpc) is 3.57. The van der Waals surface area contributed by atoms with Gasteiger partial charge < -0.3 is 4.57 Å². The maximum Gasteiger partial charge on any atom is 0.0622 e. The van der Waals surface area contributed by atoms with Crippen molar-refractivity contribution in [3.05, 3.63) is 198 Å². The monoisotopic (exact) mass is 695 g/mol. The van der Waals surface area contributed by atoms with E-state index >= 15 is 0 Å². The van der Waals surface area contributed by atoms with Crippen LogP contribution in [0.3, 0.4) is 0 Å². The van der Waals surface area contributed by atoms with Crippen molar-refractivity contribution in [2.75, 3.05) is 0 Å². The van der Waals surface area contributed by atoms with E-state index in [1.54, 1.807) is 0 Å². The smallest absolute Gasteiger partial charge is 0.0622 e. The van der Waals surface area contributed by atoms with Crippen LogP contribution in [0.25, 0.3) is 82.7 Å². The number of hydrogen-bond donors (Lipinski definition) is 0. The van der Waals surface area contributed by atoms with E-state index < -0.39 is 0 Å². The second kappa shape index (κ2) is 14.9. The molecule has 0 amide bonds. The lowest BCUT2D eigenvalue weighted by Crippen LogP contribution is -2.23. The molecule has 0 unspecified atom stereocenters. The minimum Gasteiger partial charge on any atom is -0.312 e. The van der Waals surface area contributed by atoms with Gasteiger partial charge in [0.2, 0.25) is 0 Å². The molecule has 1 aromatic heterocycles. The number of benzene rings is 8. The Labute approximate surface area is 317 Å². The van der Waals surface area contributed by atoms with Gasteiger partial charge in [0.15, 0.2) is 0 Å². The highest BCUT2D eigenvalue weighted by Gasteiger charge is 2.21. The molecule has 1 nitrogen and oxygen atoms in total. The normalized spacial score (nSPS) is 13.1. The predicted octanol–water partition coefficient (Wildman–Crippen LogP) is 13.4. The van der Waals surface area contributed by atoms with Crippen molar-refractivity contribution in [2.24, 2.45) is 0 Å². The fourth-order valence-corrected chi connectivity index (χ4v) is 8.19. The van der Waals surface area contributed by atoms with Crippen molar-refractivity contribution in [3.63, 3.8) is 0 Å². The molecule has 1 heterocycles. The van der Waals surface area contributed by atoms with Gasteiger partial charge in [-0.25, -0.2) is 0 Å². The molecule has 0 N–H and O–H groups in total. The molecule has 8 aromatic carbocycles. The van der Waals surface area contributed by atoms with Crippen molar-refractivity contribution in [1.82, 2.24) is 4.57 Å². The first kappa shape index (κ1) is 34.6. The van der Waals surface area contributed by atoms with Crippen molar-refractivity contribution in [2.45, 2.75) is 33.6 Å². The average molecular weight is 696 g/mol. The first-order valence-corrected chi connectivity index (χ1v) is 18.9. The summed E-state index contributed by atoms with van der Waals surface area (Å²) < 4.78 is 2.53. The number of fused-ring (bicyclic) bond motifs is 11. The fraction of sp³-hybridized carbons (Fsp3) is 0.0943. The number of hydrogen-bond acceptors (Lipinski definition) is 0. The van der Waals surface area contributed by atoms with Crippen LogP contribution in [0.4, 0.5) is 0 Å². The van der Waals surface area contributed by atoms with E-state index in [-0.39, 0.29) is 0 Å². The van der Waals surface area contributed by atoms with E-state index in [9.17, 15) is 0 Å². The molecule has 0 radical (unpaired) electrons. The van der Waals surface area contributed by atoms with E-state index in [4.69, 9.17) is 0 Å². The predicted molar refractivity (Wildman–Crippen MR) is 239 cm³/mol. The summed E-state index contributed by atoms with van der Waals surface area (Å²) in [6, 6.07) is 52.1. The molecular formula is C53H45N. The van der Waals surface area contributed by atoms with Crippen LogP contribution >= 0.6 is 0 Å². The molecule has 1 aliphatic carbocycles. The summed E-state index contributed by atoms with van der Waals surface area (Å²) in [4.78, 5) is 0. The molecule has 0 saturated carbocycles. The third-order valence-corrected chi connectivity index (χ3v) is 10.9. The minimum atomic E-state index is 1.06. The number of allylic oxidation sites excluding steroid dienone is 5. The minimum absolute atomic E-state index is 1.06. The van der Waals surface area contributed by atoms with Gasteiger partial charge in [-0.1, -0.05) is 171 Å². The number of aromatic nitrogens is 1. The van der Waals surface area contributed by atoms with Crippen LogP contribution < -0.4 is 10.4 Å². The molecular weight excluding hydrogens is 651 g/mol. The van der Waals surface area contributed by atoms with Gasteiger partial charge in [-0.2, -0.15) is 0 Å². The summed E-state index contributed by atoms with van der Waals surface area (Å²) >= 11 is 0. The zero-order chi connectivity index (χ0) is 37.2. The zero-order valence-electron chi connectivity index (χ0n) is 31.4. The largest absolute Gasteiger partial charge is 0.312 e. The van der Waals surface area contributed by atoms with Gasteiger partial charge in [-0.3, -0.25) is 0 Å². The lowest BCUT2D eigenvalue weighted by atomic mass is 9.91. The van der Waals surface area contributed by atoms with E-state index in [1.165, 1.54) is 92.5 Å². The second-order valence-electron chi connectivity index (χ2n) is 14.2. The van der Waals surface area contributed by atoms with E-state index in [0.29, 0.717) is 0 Å². The maximum absolute atomic E-state index is 3.92. The van der Waals surface area contributed by atoms with Gasteiger partial charge in [-0.05, 0) is 105 Å². The lowest BCUT2D eigenvalue weighted by molar-refractivity contribution is 0.980. The van der Waals surface area contributed by atoms with Crippen LogP contribution in [-0.4, -0.2) is 4.57 Å². The maximum atomic E-state index is 3.92. The van der Waals surface area contributed by atoms with E-state index in [0.717, 1.165) is 18.1 Å². The van der Waals surface area contributed by atoms with Crippen LogP contribution in [0.15, 0.2) is 176 Å². The number of nitrogens with zero attached hydrogens (tertiary/aromatic N) is 1. The standard InChI is InChI=1S/C31H23N.C11H10.C11H12/c1-20-19-27-23-14-6-8-16-25(23)31-30(29(27)24-15-7-5-13-22(20)24)26-17-9-10-18-28(26)32(31)21-11-3-2-4-12-21;1-9-5-4-7-10-6-2-3-8-11(9)10;1-4-9(2)11-8-6-5-7-10(11)3/h2-3,5-11,13-19H,4,12H2,1H3;2-8H,1H3;4-8H,1,3H2,2H3/b;;11-9-. The Morgan fingerprint density at radius 3 is 1.94 bits per heavy atom. The highest BCUT2D eigenvalue weighted by molar-refractivity contribution is 6.37. The third-order valence-electron chi connectivity index (χ3n) is 10.9. The molecule has 0 aliphatic heterocycles. The fourth-order valence-electron chi connectivity index (χ4n) is 8.19. The van der Waals surface area contributed by atoms with Crippen molar-refractivity contribution in [1.29, 1.82) is 0 Å². The van der Waals surface area contributed by atoms with Crippen molar-refractivity contribution >= 4 is 82.7 Å². The SMILES string of the molecule is C=C/C(C)=c1/ccccc1=C.Cc1cc2c3ccccc3c3c(c4ccccc4n3C3=CC=CCC3)c2c2ccccc12.Cc1cccc2ccccc12. The topological polar surface area (TPSA) is 4.93 Å². The van der Waals surface area contributed by atoms with Gasteiger partial charge in [0.05, 0.1) is 11.0 Å². The Morgan fingerprint density at radius 1 is 0.593 bits per heavy atom. The molecule has 0 spiro atoms. The number of para-hydroxylation sites is 1. The highest BCUT2D eigenvalue weighted by Crippen LogP contribution is 2.45. The first-order valence-electron chi connectivity index (χ1n) is 18.9. The molecule has 1 heteroatoms. The Morgan fingerprint density at radius 2 is 1.22 bits per heavy atom.